The molecule has 2 aromatic rings. The number of imide groups is 1. The minimum Gasteiger partial charge on any atom is -0.295 e. The van der Waals surface area contributed by atoms with Gasteiger partial charge in [0.25, 0.3) is 5.91 Å². The highest BCUT2D eigenvalue weighted by Gasteiger charge is 2.30. The zero-order valence-electron chi connectivity index (χ0n) is 11.2. The summed E-state index contributed by atoms with van der Waals surface area (Å²) in [6.07, 6.45) is 0.703. The second kappa shape index (κ2) is 4.40. The first-order valence-corrected chi connectivity index (χ1v) is 6.46. The standard InChI is InChI=1S/C14H14FN3O2/c1-7-9(15)3-4-10-13(7)8(2)17-18(10)11-5-6-12(19)16-14(11)20/h3-4,11H,5-6H2,1-2H3,(H,16,19,20). The summed E-state index contributed by atoms with van der Waals surface area (Å²) < 4.78 is 15.2. The number of carbonyl (C=O) groups is 2. The molecule has 5 nitrogen and oxygen atoms in total. The van der Waals surface area contributed by atoms with Gasteiger partial charge in [-0.3, -0.25) is 19.6 Å². The Morgan fingerprint density at radius 1 is 1.35 bits per heavy atom. The number of nitrogens with zero attached hydrogens (tertiary/aromatic N) is 2. The van der Waals surface area contributed by atoms with E-state index in [0.717, 1.165) is 10.9 Å². The lowest BCUT2D eigenvalue weighted by Crippen LogP contribution is -2.42. The molecule has 0 radical (unpaired) electrons. The van der Waals surface area contributed by atoms with Crippen molar-refractivity contribution in [1.29, 1.82) is 0 Å². The van der Waals surface area contributed by atoms with Crippen molar-refractivity contribution in [3.8, 4) is 0 Å². The number of rotatable bonds is 1. The van der Waals surface area contributed by atoms with Crippen molar-refractivity contribution in [2.24, 2.45) is 0 Å². The van der Waals surface area contributed by atoms with E-state index in [1.54, 1.807) is 24.6 Å². The number of piperidine rings is 1. The van der Waals surface area contributed by atoms with Crippen LogP contribution in [0, 0.1) is 19.7 Å². The molecule has 1 aliphatic heterocycles. The summed E-state index contributed by atoms with van der Waals surface area (Å²) in [7, 11) is 0. The molecule has 1 saturated heterocycles. The molecule has 1 atom stereocenters. The van der Waals surface area contributed by atoms with Crippen LogP contribution in [-0.4, -0.2) is 21.6 Å². The number of carbonyl (C=O) groups excluding carboxylic acids is 2. The first kappa shape index (κ1) is 12.8. The van der Waals surface area contributed by atoms with E-state index in [1.807, 2.05) is 0 Å². The number of benzene rings is 1. The summed E-state index contributed by atoms with van der Waals surface area (Å²) in [5.41, 5.74) is 1.93. The maximum absolute atomic E-state index is 13.6. The molecule has 1 unspecified atom stereocenters. The van der Waals surface area contributed by atoms with Crippen LogP contribution in [0.25, 0.3) is 10.9 Å². The Kier molecular flexibility index (Phi) is 2.81. The zero-order valence-corrected chi connectivity index (χ0v) is 11.2. The minimum absolute atomic E-state index is 0.262. The lowest BCUT2D eigenvalue weighted by atomic mass is 10.1. The van der Waals surface area contributed by atoms with E-state index in [4.69, 9.17) is 0 Å². The molecule has 0 aliphatic carbocycles. The van der Waals surface area contributed by atoms with Gasteiger partial charge < -0.3 is 0 Å². The quantitative estimate of drug-likeness (QED) is 0.807. The molecule has 1 aromatic heterocycles. The third-order valence-corrected chi connectivity index (χ3v) is 3.75. The van der Waals surface area contributed by atoms with Gasteiger partial charge in [-0.05, 0) is 38.0 Å². The summed E-state index contributed by atoms with van der Waals surface area (Å²) in [4.78, 5) is 23.1. The van der Waals surface area contributed by atoms with Gasteiger partial charge in [-0.2, -0.15) is 5.10 Å². The van der Waals surface area contributed by atoms with Crippen LogP contribution >= 0.6 is 0 Å². The Balaban J connectivity index is 2.16. The van der Waals surface area contributed by atoms with Crippen molar-refractivity contribution in [2.75, 3.05) is 0 Å². The molecular formula is C14H14FN3O2. The Labute approximate surface area is 114 Å². The van der Waals surface area contributed by atoms with Crippen LogP contribution in [0.5, 0.6) is 0 Å². The number of aryl methyl sites for hydroxylation is 2. The number of fused-ring (bicyclic) bond motifs is 1. The van der Waals surface area contributed by atoms with Crippen molar-refractivity contribution in [3.63, 3.8) is 0 Å². The maximum Gasteiger partial charge on any atom is 0.251 e. The first-order chi connectivity index (χ1) is 9.49. The lowest BCUT2D eigenvalue weighted by molar-refractivity contribution is -0.135. The maximum atomic E-state index is 13.6. The molecule has 2 amide bonds. The van der Waals surface area contributed by atoms with Crippen molar-refractivity contribution < 1.29 is 14.0 Å². The molecular weight excluding hydrogens is 261 g/mol. The summed E-state index contributed by atoms with van der Waals surface area (Å²) >= 11 is 0. The van der Waals surface area contributed by atoms with E-state index in [1.165, 1.54) is 6.07 Å². The van der Waals surface area contributed by atoms with Crippen LogP contribution in [0.3, 0.4) is 0 Å². The van der Waals surface area contributed by atoms with E-state index in [-0.39, 0.29) is 24.1 Å². The molecule has 1 aliphatic rings. The largest absolute Gasteiger partial charge is 0.295 e. The van der Waals surface area contributed by atoms with Crippen LogP contribution in [0.15, 0.2) is 12.1 Å². The molecule has 1 N–H and O–H groups in total. The second-order valence-corrected chi connectivity index (χ2v) is 5.06. The van der Waals surface area contributed by atoms with Crippen LogP contribution < -0.4 is 5.32 Å². The average molecular weight is 275 g/mol. The van der Waals surface area contributed by atoms with Gasteiger partial charge in [-0.15, -0.1) is 0 Å². The van der Waals surface area contributed by atoms with Crippen molar-refractivity contribution >= 4 is 22.7 Å². The third kappa shape index (κ3) is 1.79. The zero-order chi connectivity index (χ0) is 14.4. The molecule has 0 bridgehead atoms. The lowest BCUT2D eigenvalue weighted by Gasteiger charge is -2.21. The Hall–Kier alpha value is -2.24. The van der Waals surface area contributed by atoms with Crippen LogP contribution in [0.4, 0.5) is 4.39 Å². The van der Waals surface area contributed by atoms with E-state index in [0.29, 0.717) is 17.7 Å². The molecule has 3 rings (SSSR count). The predicted octanol–water partition coefficient (Wildman–Crippen LogP) is 1.77. The van der Waals surface area contributed by atoms with E-state index in [9.17, 15) is 14.0 Å². The fourth-order valence-corrected chi connectivity index (χ4v) is 2.74. The highest BCUT2D eigenvalue weighted by Crippen LogP contribution is 2.29. The molecule has 2 heterocycles. The van der Waals surface area contributed by atoms with Crippen molar-refractivity contribution in [1.82, 2.24) is 15.1 Å². The van der Waals surface area contributed by atoms with Gasteiger partial charge >= 0.3 is 0 Å². The van der Waals surface area contributed by atoms with Gasteiger partial charge in [0.2, 0.25) is 5.91 Å². The molecule has 1 fully saturated rings. The first-order valence-electron chi connectivity index (χ1n) is 6.46. The van der Waals surface area contributed by atoms with Crippen molar-refractivity contribution in [2.45, 2.75) is 32.7 Å². The number of nitrogens with one attached hydrogen (secondary N) is 1. The van der Waals surface area contributed by atoms with E-state index >= 15 is 0 Å². The van der Waals surface area contributed by atoms with Crippen molar-refractivity contribution in [3.05, 3.63) is 29.2 Å². The van der Waals surface area contributed by atoms with Gasteiger partial charge in [0.1, 0.15) is 11.9 Å². The number of halogens is 1. The van der Waals surface area contributed by atoms with Crippen LogP contribution in [0.2, 0.25) is 0 Å². The molecule has 20 heavy (non-hydrogen) atoms. The summed E-state index contributed by atoms with van der Waals surface area (Å²) in [6.45, 7) is 3.48. The average Bonchev–Trinajstić information content (AvgIpc) is 2.72. The van der Waals surface area contributed by atoms with Gasteiger partial charge in [0.05, 0.1) is 11.2 Å². The van der Waals surface area contributed by atoms with Crippen LogP contribution in [-0.2, 0) is 9.59 Å². The molecule has 6 heteroatoms. The number of hydrogen-bond donors (Lipinski definition) is 1. The van der Waals surface area contributed by atoms with Gasteiger partial charge in [-0.1, -0.05) is 0 Å². The van der Waals surface area contributed by atoms with E-state index in [2.05, 4.69) is 10.4 Å². The van der Waals surface area contributed by atoms with E-state index < -0.39 is 6.04 Å². The monoisotopic (exact) mass is 275 g/mol. The second-order valence-electron chi connectivity index (χ2n) is 5.06. The Bertz CT molecular complexity index is 736. The molecule has 1 aromatic carbocycles. The fraction of sp³-hybridized carbons (Fsp3) is 0.357. The van der Waals surface area contributed by atoms with Crippen LogP contribution in [0.1, 0.15) is 30.1 Å². The third-order valence-electron chi connectivity index (χ3n) is 3.75. The minimum atomic E-state index is -0.520. The highest BCUT2D eigenvalue weighted by molar-refractivity contribution is 6.00. The summed E-state index contributed by atoms with van der Waals surface area (Å²) in [6, 6.07) is 2.48. The Morgan fingerprint density at radius 2 is 2.10 bits per heavy atom. The Morgan fingerprint density at radius 3 is 2.80 bits per heavy atom. The SMILES string of the molecule is Cc1nn(C2CCC(=O)NC2=O)c2ccc(F)c(C)c12. The smallest absolute Gasteiger partial charge is 0.251 e. The topological polar surface area (TPSA) is 64.0 Å². The van der Waals surface area contributed by atoms with Gasteiger partial charge in [-0.25, -0.2) is 4.39 Å². The van der Waals surface area contributed by atoms with Gasteiger partial charge in [0, 0.05) is 11.8 Å². The number of aromatic nitrogens is 2. The fourth-order valence-electron chi connectivity index (χ4n) is 2.74. The van der Waals surface area contributed by atoms with Gasteiger partial charge in [0.15, 0.2) is 0 Å². The normalized spacial score (nSPS) is 19.4. The molecule has 0 spiro atoms. The number of amides is 2. The predicted molar refractivity (Wildman–Crippen MR) is 70.6 cm³/mol. The summed E-state index contributed by atoms with van der Waals surface area (Å²) in [5.74, 6) is -0.905. The highest BCUT2D eigenvalue weighted by atomic mass is 19.1. The summed E-state index contributed by atoms with van der Waals surface area (Å²) in [5, 5.41) is 7.41. The molecule has 0 saturated carbocycles. The number of hydrogen-bond acceptors (Lipinski definition) is 3. The molecule has 104 valence electrons.